The van der Waals surface area contributed by atoms with Crippen molar-refractivity contribution in [1.29, 1.82) is 0 Å². The maximum atomic E-state index is 12.9. The van der Waals surface area contributed by atoms with Crippen molar-refractivity contribution >= 4 is 11.8 Å². The van der Waals surface area contributed by atoms with Crippen LogP contribution >= 0.6 is 0 Å². The molecule has 3 aromatic rings. The monoisotopic (exact) mass is 456 g/mol. The first-order chi connectivity index (χ1) is 16.5. The Morgan fingerprint density at radius 1 is 0.971 bits per heavy atom. The number of rotatable bonds is 3. The lowest BCUT2D eigenvalue weighted by Crippen LogP contribution is -2.29. The van der Waals surface area contributed by atoms with E-state index in [2.05, 4.69) is 0 Å². The van der Waals surface area contributed by atoms with Crippen LogP contribution in [-0.2, 0) is 6.42 Å². The quantitative estimate of drug-likeness (QED) is 0.320. The van der Waals surface area contributed by atoms with Gasteiger partial charge < -0.3 is 23.7 Å². The summed E-state index contributed by atoms with van der Waals surface area (Å²) in [6.45, 7) is 2.11. The number of fused-ring (bicyclic) bond motifs is 3. The van der Waals surface area contributed by atoms with Gasteiger partial charge in [0.1, 0.15) is 23.4 Å². The molecule has 0 aromatic heterocycles. The topological polar surface area (TPSA) is 80.3 Å². The Kier molecular flexibility index (Phi) is 4.76. The molecule has 7 nitrogen and oxygen atoms in total. The van der Waals surface area contributed by atoms with Crippen LogP contribution in [0.5, 0.6) is 28.7 Å². The van der Waals surface area contributed by atoms with Crippen LogP contribution in [0.4, 0.5) is 0 Å². The summed E-state index contributed by atoms with van der Waals surface area (Å²) in [6, 6.07) is 17.5. The van der Waals surface area contributed by atoms with Crippen LogP contribution in [0.2, 0.25) is 0 Å². The van der Waals surface area contributed by atoms with Crippen molar-refractivity contribution in [3.63, 3.8) is 0 Å². The molecule has 2 unspecified atom stereocenters. The highest BCUT2D eigenvalue weighted by molar-refractivity contribution is 6.12. The van der Waals surface area contributed by atoms with E-state index in [4.69, 9.17) is 23.7 Å². The number of hydrogen-bond donors (Lipinski definition) is 0. The number of benzene rings is 3. The summed E-state index contributed by atoms with van der Waals surface area (Å²) in [5, 5.41) is 0. The highest BCUT2D eigenvalue weighted by Crippen LogP contribution is 2.38. The van der Waals surface area contributed by atoms with Gasteiger partial charge >= 0.3 is 5.97 Å². The molecular weight excluding hydrogens is 436 g/mol. The highest BCUT2D eigenvalue weighted by Gasteiger charge is 2.32. The predicted octanol–water partition coefficient (Wildman–Crippen LogP) is 4.73. The van der Waals surface area contributed by atoms with Gasteiger partial charge in [0.25, 0.3) is 0 Å². The van der Waals surface area contributed by atoms with Gasteiger partial charge in [-0.25, -0.2) is 4.79 Å². The zero-order valence-electron chi connectivity index (χ0n) is 18.3. The molecular formula is C27H20O7. The Labute approximate surface area is 195 Å². The fourth-order valence-electron chi connectivity index (χ4n) is 4.32. The molecule has 170 valence electrons. The van der Waals surface area contributed by atoms with E-state index in [1.165, 1.54) is 0 Å². The average molecular weight is 456 g/mol. The van der Waals surface area contributed by atoms with E-state index in [0.717, 1.165) is 17.7 Å². The number of carbonyl (C=O) groups is 2. The number of carbonyl (C=O) groups excluding carboxylic acids is 2. The summed E-state index contributed by atoms with van der Waals surface area (Å²) in [4.78, 5) is 25.5. The maximum Gasteiger partial charge on any atom is 0.343 e. The lowest BCUT2D eigenvalue weighted by Gasteiger charge is -2.29. The van der Waals surface area contributed by atoms with Crippen LogP contribution < -0.4 is 23.7 Å². The number of Topliss-reactive ketones (excluding diaryl/α,β-unsaturated/α-hetero) is 1. The van der Waals surface area contributed by atoms with Gasteiger partial charge in [0, 0.05) is 12.0 Å². The lowest BCUT2D eigenvalue weighted by molar-refractivity contribution is 0.0734. The van der Waals surface area contributed by atoms with Crippen LogP contribution in [0.3, 0.4) is 0 Å². The van der Waals surface area contributed by atoms with E-state index in [9.17, 15) is 9.59 Å². The third-order valence-electron chi connectivity index (χ3n) is 6.17. The summed E-state index contributed by atoms with van der Waals surface area (Å²) < 4.78 is 28.0. The van der Waals surface area contributed by atoms with Crippen LogP contribution in [0.25, 0.3) is 0 Å². The van der Waals surface area contributed by atoms with Crippen molar-refractivity contribution in [2.24, 2.45) is 5.92 Å². The molecule has 0 spiro atoms. The smallest absolute Gasteiger partial charge is 0.343 e. The number of ether oxygens (including phenoxy) is 5. The molecule has 0 aliphatic carbocycles. The Morgan fingerprint density at radius 3 is 2.74 bits per heavy atom. The van der Waals surface area contributed by atoms with E-state index in [1.54, 1.807) is 36.4 Å². The summed E-state index contributed by atoms with van der Waals surface area (Å²) in [7, 11) is 0. The van der Waals surface area contributed by atoms with Crippen LogP contribution in [0.15, 0.2) is 72.5 Å². The normalized spacial score (nSPS) is 20.9. The van der Waals surface area contributed by atoms with E-state index >= 15 is 0 Å². The SMILES string of the molecule is CC1Oc2ccccc2CC1/C=C1/Oc2cc(OC(=O)c3ccc4c(c3)OCO4)ccc2C1=O. The predicted molar refractivity (Wildman–Crippen MR) is 121 cm³/mol. The van der Waals surface area contributed by atoms with Gasteiger partial charge in [-0.1, -0.05) is 18.2 Å². The van der Waals surface area contributed by atoms with Crippen molar-refractivity contribution < 1.29 is 33.3 Å². The summed E-state index contributed by atoms with van der Waals surface area (Å²) in [5.74, 6) is 2.09. The van der Waals surface area contributed by atoms with Crippen molar-refractivity contribution in [3.8, 4) is 28.7 Å². The molecule has 0 saturated heterocycles. The largest absolute Gasteiger partial charge is 0.490 e. The van der Waals surface area contributed by atoms with E-state index in [-0.39, 0.29) is 36.1 Å². The lowest BCUT2D eigenvalue weighted by atomic mass is 9.90. The molecule has 0 fully saturated rings. The first-order valence-electron chi connectivity index (χ1n) is 11.0. The minimum absolute atomic E-state index is 0.00790. The fourth-order valence-corrected chi connectivity index (χ4v) is 4.32. The van der Waals surface area contributed by atoms with Gasteiger partial charge in [-0.2, -0.15) is 0 Å². The molecule has 3 aliphatic rings. The number of allylic oxidation sites excluding steroid dienone is 1. The molecule has 0 saturated carbocycles. The second-order valence-corrected chi connectivity index (χ2v) is 8.38. The molecule has 0 N–H and O–H groups in total. The fraction of sp³-hybridized carbons (Fsp3) is 0.185. The van der Waals surface area contributed by atoms with Gasteiger partial charge in [-0.05, 0) is 61.4 Å². The van der Waals surface area contributed by atoms with Crippen LogP contribution in [-0.4, -0.2) is 24.6 Å². The third kappa shape index (κ3) is 3.55. The van der Waals surface area contributed by atoms with E-state index < -0.39 is 5.97 Å². The number of ketones is 1. The number of esters is 1. The molecule has 2 atom stereocenters. The first-order valence-corrected chi connectivity index (χ1v) is 11.0. The molecule has 0 bridgehead atoms. The van der Waals surface area contributed by atoms with Crippen LogP contribution in [0, 0.1) is 5.92 Å². The standard InChI is InChI=1S/C27H20O7/c1-15-18(10-16-4-2-3-5-21(16)32-15)12-25-26(28)20-8-7-19(13-23(20)34-25)33-27(29)17-6-9-22-24(11-17)31-14-30-22/h2-9,11-13,15,18H,10,14H2,1H3/b25-12+. The number of para-hydroxylation sites is 1. The molecule has 3 aliphatic heterocycles. The highest BCUT2D eigenvalue weighted by atomic mass is 16.7. The van der Waals surface area contributed by atoms with Crippen molar-refractivity contribution in [2.45, 2.75) is 19.4 Å². The van der Waals surface area contributed by atoms with Crippen molar-refractivity contribution in [3.05, 3.63) is 89.2 Å². The zero-order chi connectivity index (χ0) is 23.2. The average Bonchev–Trinajstić information content (AvgIpc) is 3.43. The maximum absolute atomic E-state index is 12.9. The summed E-state index contributed by atoms with van der Waals surface area (Å²) in [5.41, 5.74) is 1.86. The molecule has 7 heteroatoms. The first kappa shape index (κ1) is 20.4. The summed E-state index contributed by atoms with van der Waals surface area (Å²) in [6.07, 6.45) is 2.49. The van der Waals surface area contributed by atoms with Gasteiger partial charge in [0.15, 0.2) is 17.3 Å². The van der Waals surface area contributed by atoms with Crippen molar-refractivity contribution in [1.82, 2.24) is 0 Å². The second-order valence-electron chi connectivity index (χ2n) is 8.38. The van der Waals surface area contributed by atoms with E-state index in [0.29, 0.717) is 28.4 Å². The molecule has 0 radical (unpaired) electrons. The van der Waals surface area contributed by atoms with Gasteiger partial charge in [-0.3, -0.25) is 4.79 Å². The molecule has 0 amide bonds. The summed E-state index contributed by atoms with van der Waals surface area (Å²) >= 11 is 0. The van der Waals surface area contributed by atoms with Gasteiger partial charge in [0.05, 0.1) is 11.1 Å². The zero-order valence-corrected chi connectivity index (χ0v) is 18.3. The molecule has 3 heterocycles. The van der Waals surface area contributed by atoms with Gasteiger partial charge in [-0.15, -0.1) is 0 Å². The Morgan fingerprint density at radius 2 is 1.82 bits per heavy atom. The molecule has 34 heavy (non-hydrogen) atoms. The Balaban J connectivity index is 1.19. The molecule has 3 aromatic carbocycles. The minimum Gasteiger partial charge on any atom is -0.490 e. The Hall–Kier alpha value is -4.26. The van der Waals surface area contributed by atoms with Gasteiger partial charge in [0.2, 0.25) is 12.6 Å². The van der Waals surface area contributed by atoms with E-state index in [1.807, 2.05) is 37.3 Å². The Bertz CT molecular complexity index is 1360. The molecule has 6 rings (SSSR count). The number of hydrogen-bond acceptors (Lipinski definition) is 7. The van der Waals surface area contributed by atoms with Crippen LogP contribution in [0.1, 0.15) is 33.2 Å². The van der Waals surface area contributed by atoms with Crippen molar-refractivity contribution in [2.75, 3.05) is 6.79 Å². The second kappa shape index (κ2) is 7.95. The third-order valence-corrected chi connectivity index (χ3v) is 6.17. The minimum atomic E-state index is -0.551.